The fraction of sp³-hybridized carbons (Fsp3) is 0.667. The number of fused-ring (bicyclic) bond motifs is 1. The van der Waals surface area contributed by atoms with E-state index in [4.69, 9.17) is 4.74 Å². The molecule has 8 nitrogen and oxygen atoms in total. The molecular weight excluding hydrogens is 368 g/mol. The van der Waals surface area contributed by atoms with Crippen molar-refractivity contribution in [2.45, 2.75) is 63.4 Å². The summed E-state index contributed by atoms with van der Waals surface area (Å²) in [5.41, 5.74) is 2.64. The molecule has 0 bridgehead atoms. The molecule has 3 aliphatic rings. The molecule has 2 aromatic heterocycles. The predicted octanol–water partition coefficient (Wildman–Crippen LogP) is 2.07. The zero-order chi connectivity index (χ0) is 20.0. The summed E-state index contributed by atoms with van der Waals surface area (Å²) < 4.78 is 10.5. The molecular formula is C21H30N6O2. The number of hydrogen-bond donors (Lipinski definition) is 0. The van der Waals surface area contributed by atoms with Crippen LogP contribution in [0.25, 0.3) is 0 Å². The summed E-state index contributed by atoms with van der Waals surface area (Å²) >= 11 is 0. The van der Waals surface area contributed by atoms with Crippen LogP contribution in [0.3, 0.4) is 0 Å². The van der Waals surface area contributed by atoms with Crippen molar-refractivity contribution in [3.63, 3.8) is 0 Å². The van der Waals surface area contributed by atoms with E-state index >= 15 is 0 Å². The van der Waals surface area contributed by atoms with E-state index in [1.165, 1.54) is 24.8 Å². The van der Waals surface area contributed by atoms with Crippen LogP contribution >= 0.6 is 0 Å². The zero-order valence-electron chi connectivity index (χ0n) is 17.4. The smallest absolute Gasteiger partial charge is 0.273 e. The van der Waals surface area contributed by atoms with Crippen molar-refractivity contribution >= 4 is 5.91 Å². The monoisotopic (exact) mass is 398 g/mol. The number of nitrogens with zero attached hydrogens (tertiary/aromatic N) is 6. The van der Waals surface area contributed by atoms with Crippen LogP contribution in [0, 0.1) is 0 Å². The molecule has 1 spiro atoms. The Kier molecular flexibility index (Phi) is 4.70. The van der Waals surface area contributed by atoms with Gasteiger partial charge >= 0.3 is 0 Å². The van der Waals surface area contributed by atoms with Crippen LogP contribution in [0.15, 0.2) is 18.5 Å². The number of hydrogen-bond acceptors (Lipinski definition) is 5. The van der Waals surface area contributed by atoms with E-state index in [1.54, 1.807) is 19.0 Å². The van der Waals surface area contributed by atoms with E-state index in [0.29, 0.717) is 18.3 Å². The highest BCUT2D eigenvalue weighted by Gasteiger charge is 2.40. The molecule has 0 unspecified atom stereocenters. The van der Waals surface area contributed by atoms with Gasteiger partial charge in [-0.1, -0.05) is 0 Å². The molecule has 4 heterocycles. The van der Waals surface area contributed by atoms with Crippen LogP contribution in [0.2, 0.25) is 0 Å². The first kappa shape index (κ1) is 18.8. The number of carbonyl (C=O) groups excluding carboxylic acids is 1. The Bertz CT molecular complexity index is 889. The van der Waals surface area contributed by atoms with Crippen molar-refractivity contribution in [3.05, 3.63) is 35.4 Å². The zero-order valence-corrected chi connectivity index (χ0v) is 17.4. The molecule has 0 N–H and O–H groups in total. The van der Waals surface area contributed by atoms with E-state index in [1.807, 2.05) is 16.9 Å². The maximum atomic E-state index is 12.2. The summed E-state index contributed by atoms with van der Waals surface area (Å²) in [5, 5.41) is 9.13. The maximum absolute atomic E-state index is 12.2. The molecule has 1 amide bonds. The van der Waals surface area contributed by atoms with Gasteiger partial charge in [-0.2, -0.15) is 10.2 Å². The lowest BCUT2D eigenvalue weighted by atomic mass is 9.90. The van der Waals surface area contributed by atoms with Gasteiger partial charge in [0.2, 0.25) is 0 Å². The van der Waals surface area contributed by atoms with Crippen LogP contribution in [0.4, 0.5) is 0 Å². The summed E-state index contributed by atoms with van der Waals surface area (Å²) in [6.07, 6.45) is 10.1. The molecule has 2 aromatic rings. The summed E-state index contributed by atoms with van der Waals surface area (Å²) in [6, 6.07) is 2.49. The lowest BCUT2D eigenvalue weighted by Crippen LogP contribution is -2.50. The van der Waals surface area contributed by atoms with Gasteiger partial charge in [0.25, 0.3) is 5.91 Å². The van der Waals surface area contributed by atoms with Crippen LogP contribution < -0.4 is 0 Å². The maximum Gasteiger partial charge on any atom is 0.273 e. The number of ether oxygens (including phenoxy) is 1. The van der Waals surface area contributed by atoms with Crippen molar-refractivity contribution in [1.29, 1.82) is 0 Å². The highest BCUT2D eigenvalue weighted by atomic mass is 16.5. The number of amides is 1. The minimum atomic E-state index is -0.163. The van der Waals surface area contributed by atoms with Crippen molar-refractivity contribution in [1.82, 2.24) is 29.4 Å². The van der Waals surface area contributed by atoms with E-state index in [0.717, 1.165) is 44.7 Å². The Labute approximate surface area is 171 Å². The van der Waals surface area contributed by atoms with E-state index < -0.39 is 0 Å². The third-order valence-corrected chi connectivity index (χ3v) is 6.73. The van der Waals surface area contributed by atoms with Crippen molar-refractivity contribution in [2.75, 3.05) is 27.2 Å². The average molecular weight is 399 g/mol. The van der Waals surface area contributed by atoms with E-state index in [9.17, 15) is 4.79 Å². The summed E-state index contributed by atoms with van der Waals surface area (Å²) in [6.45, 7) is 4.24. The van der Waals surface area contributed by atoms with E-state index in [-0.39, 0.29) is 11.5 Å². The molecule has 8 heteroatoms. The first-order valence-corrected chi connectivity index (χ1v) is 10.7. The molecule has 5 rings (SSSR count). The Hall–Kier alpha value is -2.19. The fourth-order valence-corrected chi connectivity index (χ4v) is 4.58. The van der Waals surface area contributed by atoms with Gasteiger partial charge in [0.05, 0.1) is 36.7 Å². The molecule has 2 fully saturated rings. The lowest BCUT2D eigenvalue weighted by molar-refractivity contribution is -0.124. The SMILES string of the molecule is CN(C)C(=O)c1cc2n(n1)CC1(CCN(Cc3cnn(C4CCC4)c3)CC1)OC2. The van der Waals surface area contributed by atoms with E-state index in [2.05, 4.69) is 26.0 Å². The third-order valence-electron chi connectivity index (χ3n) is 6.73. The van der Waals surface area contributed by atoms with Gasteiger partial charge in [-0.15, -0.1) is 0 Å². The standard InChI is InChI=1S/C21H30N6O2/c1-24(2)20(28)19-10-18-14-29-21(15-27(18)23-19)6-8-25(9-7-21)12-16-11-22-26(13-16)17-4-3-5-17/h10-11,13,17H,3-9,12,14-15H2,1-2H3. The topological polar surface area (TPSA) is 68.4 Å². The second-order valence-electron chi connectivity index (χ2n) is 9.04. The van der Waals surface area contributed by atoms with Crippen molar-refractivity contribution in [3.8, 4) is 0 Å². The number of carbonyl (C=O) groups is 1. The summed E-state index contributed by atoms with van der Waals surface area (Å²) in [4.78, 5) is 16.3. The Morgan fingerprint density at radius 2 is 2.10 bits per heavy atom. The van der Waals surface area contributed by atoms with Crippen molar-refractivity contribution < 1.29 is 9.53 Å². The van der Waals surface area contributed by atoms with Gasteiger partial charge in [-0.05, 0) is 38.2 Å². The molecule has 0 atom stereocenters. The molecule has 2 aliphatic heterocycles. The van der Waals surface area contributed by atoms with Gasteiger partial charge in [0, 0.05) is 45.5 Å². The van der Waals surface area contributed by atoms with Crippen LogP contribution in [0.1, 0.15) is 59.9 Å². The van der Waals surface area contributed by atoms with Crippen LogP contribution in [-0.4, -0.2) is 68.1 Å². The number of piperidine rings is 1. The normalized spacial score (nSPS) is 21.7. The quantitative estimate of drug-likeness (QED) is 0.789. The second-order valence-corrected chi connectivity index (χ2v) is 9.04. The molecule has 0 radical (unpaired) electrons. The second kappa shape index (κ2) is 7.25. The Morgan fingerprint density at radius 3 is 2.79 bits per heavy atom. The number of aromatic nitrogens is 4. The highest BCUT2D eigenvalue weighted by molar-refractivity contribution is 5.92. The first-order valence-electron chi connectivity index (χ1n) is 10.7. The fourth-order valence-electron chi connectivity index (χ4n) is 4.58. The number of likely N-dealkylation sites (tertiary alicyclic amines) is 1. The van der Waals surface area contributed by atoms with Crippen LogP contribution in [-0.2, 0) is 24.4 Å². The molecule has 156 valence electrons. The molecule has 1 saturated heterocycles. The van der Waals surface area contributed by atoms with Gasteiger partial charge in [-0.25, -0.2) is 0 Å². The lowest BCUT2D eigenvalue weighted by Gasteiger charge is -2.43. The molecule has 1 saturated carbocycles. The predicted molar refractivity (Wildman–Crippen MR) is 107 cm³/mol. The highest BCUT2D eigenvalue weighted by Crippen LogP contribution is 2.34. The minimum Gasteiger partial charge on any atom is -0.367 e. The Balaban J connectivity index is 1.19. The first-order chi connectivity index (χ1) is 14.0. The van der Waals surface area contributed by atoms with Gasteiger partial charge in [-0.3, -0.25) is 19.1 Å². The Morgan fingerprint density at radius 1 is 1.31 bits per heavy atom. The van der Waals surface area contributed by atoms with Gasteiger partial charge < -0.3 is 9.64 Å². The molecule has 29 heavy (non-hydrogen) atoms. The van der Waals surface area contributed by atoms with Gasteiger partial charge in [0.15, 0.2) is 5.69 Å². The summed E-state index contributed by atoms with van der Waals surface area (Å²) in [7, 11) is 3.51. The average Bonchev–Trinajstić information content (AvgIpc) is 3.28. The van der Waals surface area contributed by atoms with Crippen LogP contribution in [0.5, 0.6) is 0 Å². The van der Waals surface area contributed by atoms with Gasteiger partial charge in [0.1, 0.15) is 0 Å². The summed E-state index contributed by atoms with van der Waals surface area (Å²) in [5.74, 6) is -0.0572. The third kappa shape index (κ3) is 3.59. The molecule has 1 aliphatic carbocycles. The number of rotatable bonds is 4. The largest absolute Gasteiger partial charge is 0.367 e. The molecule has 0 aromatic carbocycles. The minimum absolute atomic E-state index is 0.0572. The van der Waals surface area contributed by atoms with Crippen molar-refractivity contribution in [2.24, 2.45) is 0 Å².